The summed E-state index contributed by atoms with van der Waals surface area (Å²) in [6, 6.07) is 6.51. The quantitative estimate of drug-likeness (QED) is 0.892. The summed E-state index contributed by atoms with van der Waals surface area (Å²) in [6.07, 6.45) is 7.84. The highest BCUT2D eigenvalue weighted by Crippen LogP contribution is 2.37. The van der Waals surface area contributed by atoms with Crippen molar-refractivity contribution in [3.8, 4) is 6.07 Å². The van der Waals surface area contributed by atoms with Crippen LogP contribution < -0.4 is 5.32 Å². The number of nitriles is 1. The maximum Gasteiger partial charge on any atom is 0.107 e. The molecule has 0 aliphatic heterocycles. The molecule has 4 heteroatoms. The van der Waals surface area contributed by atoms with E-state index in [1.54, 1.807) is 0 Å². The van der Waals surface area contributed by atoms with Crippen molar-refractivity contribution in [3.63, 3.8) is 0 Å². The van der Waals surface area contributed by atoms with Crippen molar-refractivity contribution in [3.05, 3.63) is 24.5 Å². The molecule has 2 atom stereocenters. The maximum atomic E-state index is 9.29. The maximum absolute atomic E-state index is 9.29. The third-order valence-electron chi connectivity index (χ3n) is 3.35. The predicted molar refractivity (Wildman–Crippen MR) is 69.8 cm³/mol. The second kappa shape index (κ2) is 5.52. The molecule has 1 aromatic heterocycles. The molecule has 1 aliphatic rings. The van der Waals surface area contributed by atoms with Gasteiger partial charge in [0.15, 0.2) is 0 Å². The number of pyridine rings is 1. The first kappa shape index (κ1) is 12.4. The molecule has 0 amide bonds. The van der Waals surface area contributed by atoms with E-state index in [4.69, 9.17) is 0 Å². The minimum absolute atomic E-state index is 0.317. The first-order chi connectivity index (χ1) is 8.28. The topological polar surface area (TPSA) is 48.7 Å². The molecule has 2 rings (SSSR count). The molecule has 0 bridgehead atoms. The second-order valence-corrected chi connectivity index (χ2v) is 5.84. The van der Waals surface area contributed by atoms with Gasteiger partial charge in [0.05, 0.1) is 6.07 Å². The summed E-state index contributed by atoms with van der Waals surface area (Å²) >= 11 is 1.87. The van der Waals surface area contributed by atoms with Gasteiger partial charge in [0.1, 0.15) is 5.54 Å². The Bertz CT molecular complexity index is 401. The van der Waals surface area contributed by atoms with E-state index >= 15 is 0 Å². The smallest absolute Gasteiger partial charge is 0.107 e. The van der Waals surface area contributed by atoms with Gasteiger partial charge in [-0.1, -0.05) is 0 Å². The first-order valence-corrected chi connectivity index (χ1v) is 6.83. The largest absolute Gasteiger partial charge is 0.302 e. The molecule has 1 N–H and O–H groups in total. The Labute approximate surface area is 107 Å². The van der Waals surface area contributed by atoms with E-state index < -0.39 is 0 Å². The molecule has 1 fully saturated rings. The second-order valence-electron chi connectivity index (χ2n) is 4.46. The van der Waals surface area contributed by atoms with Crippen molar-refractivity contribution in [2.24, 2.45) is 0 Å². The molecule has 0 saturated heterocycles. The number of hydrogen-bond donors (Lipinski definition) is 1. The molecule has 0 aromatic carbocycles. The highest BCUT2D eigenvalue weighted by atomic mass is 32.2. The number of hydrogen-bond acceptors (Lipinski definition) is 4. The van der Waals surface area contributed by atoms with Gasteiger partial charge in [0.2, 0.25) is 0 Å². The molecule has 3 nitrogen and oxygen atoms in total. The van der Waals surface area contributed by atoms with Gasteiger partial charge in [0.25, 0.3) is 0 Å². The fourth-order valence-electron chi connectivity index (χ4n) is 2.32. The Morgan fingerprint density at radius 3 is 2.94 bits per heavy atom. The lowest BCUT2D eigenvalue weighted by atomic mass is 9.83. The van der Waals surface area contributed by atoms with Gasteiger partial charge in [-0.15, -0.1) is 11.8 Å². The lowest BCUT2D eigenvalue weighted by molar-refractivity contribution is 0.323. The third-order valence-corrected chi connectivity index (χ3v) is 4.63. The summed E-state index contributed by atoms with van der Waals surface area (Å²) in [6.45, 7) is 0. The number of aromatic nitrogens is 1. The van der Waals surface area contributed by atoms with Crippen LogP contribution in [0.25, 0.3) is 0 Å². The van der Waals surface area contributed by atoms with Crippen molar-refractivity contribution in [2.75, 3.05) is 7.05 Å². The molecule has 0 radical (unpaired) electrons. The SMILES string of the molecule is CNC1(C#N)CCCC(Sc2ccncc2)C1. The van der Waals surface area contributed by atoms with E-state index in [1.807, 2.05) is 43.3 Å². The lowest BCUT2D eigenvalue weighted by Crippen LogP contribution is -2.46. The fourth-order valence-corrected chi connectivity index (χ4v) is 3.63. The molecule has 17 heavy (non-hydrogen) atoms. The third kappa shape index (κ3) is 2.99. The van der Waals surface area contributed by atoms with Crippen LogP contribution in [0.1, 0.15) is 25.7 Å². The predicted octanol–water partition coefficient (Wildman–Crippen LogP) is 2.60. The summed E-state index contributed by atoms with van der Waals surface area (Å²) < 4.78 is 0. The molecule has 0 spiro atoms. The zero-order valence-electron chi connectivity index (χ0n) is 10.0. The van der Waals surface area contributed by atoms with E-state index in [9.17, 15) is 5.26 Å². The van der Waals surface area contributed by atoms with Gasteiger partial charge in [-0.05, 0) is 44.9 Å². The van der Waals surface area contributed by atoms with Crippen LogP contribution >= 0.6 is 11.8 Å². The summed E-state index contributed by atoms with van der Waals surface area (Å²) in [5, 5.41) is 13.0. The van der Waals surface area contributed by atoms with E-state index in [1.165, 1.54) is 11.3 Å². The molecular formula is C13H17N3S. The van der Waals surface area contributed by atoms with Crippen LogP contribution in [0.5, 0.6) is 0 Å². The molecule has 2 unspecified atom stereocenters. The Morgan fingerprint density at radius 1 is 1.53 bits per heavy atom. The summed E-state index contributed by atoms with van der Waals surface area (Å²) in [7, 11) is 1.89. The summed E-state index contributed by atoms with van der Waals surface area (Å²) in [5.41, 5.74) is -0.317. The van der Waals surface area contributed by atoms with Crippen LogP contribution in [0.2, 0.25) is 0 Å². The first-order valence-electron chi connectivity index (χ1n) is 5.95. The van der Waals surface area contributed by atoms with Crippen molar-refractivity contribution >= 4 is 11.8 Å². The molecular weight excluding hydrogens is 230 g/mol. The Kier molecular flexibility index (Phi) is 4.03. The van der Waals surface area contributed by atoms with E-state index in [0.29, 0.717) is 5.25 Å². The molecule has 1 saturated carbocycles. The lowest BCUT2D eigenvalue weighted by Gasteiger charge is -2.35. The highest BCUT2D eigenvalue weighted by molar-refractivity contribution is 8.00. The zero-order chi connectivity index (χ0) is 12.1. The van der Waals surface area contributed by atoms with Crippen molar-refractivity contribution in [2.45, 2.75) is 41.4 Å². The molecule has 90 valence electrons. The average Bonchev–Trinajstić information content (AvgIpc) is 2.40. The zero-order valence-corrected chi connectivity index (χ0v) is 10.8. The molecule has 1 aliphatic carbocycles. The standard InChI is InChI=1S/C13H17N3S/c1-15-13(10-14)6-2-3-12(9-13)17-11-4-7-16-8-5-11/h4-5,7-8,12,15H,2-3,6,9H2,1H3. The highest BCUT2D eigenvalue weighted by Gasteiger charge is 2.35. The summed E-state index contributed by atoms with van der Waals surface area (Å²) in [5.74, 6) is 0. The Balaban J connectivity index is 2.01. The van der Waals surface area contributed by atoms with Crippen LogP contribution in [0.3, 0.4) is 0 Å². The minimum Gasteiger partial charge on any atom is -0.302 e. The van der Waals surface area contributed by atoms with Crippen LogP contribution in [0.15, 0.2) is 29.4 Å². The number of nitrogens with one attached hydrogen (secondary N) is 1. The van der Waals surface area contributed by atoms with E-state index in [0.717, 1.165) is 19.3 Å². The number of nitrogens with zero attached hydrogens (tertiary/aromatic N) is 2. The van der Waals surface area contributed by atoms with Gasteiger partial charge in [-0.3, -0.25) is 4.98 Å². The summed E-state index contributed by atoms with van der Waals surface area (Å²) in [4.78, 5) is 5.27. The van der Waals surface area contributed by atoms with Gasteiger partial charge in [-0.2, -0.15) is 5.26 Å². The van der Waals surface area contributed by atoms with Crippen molar-refractivity contribution < 1.29 is 0 Å². The van der Waals surface area contributed by atoms with Crippen LogP contribution in [0, 0.1) is 11.3 Å². The van der Waals surface area contributed by atoms with Gasteiger partial charge in [0, 0.05) is 22.5 Å². The van der Waals surface area contributed by atoms with Crippen LogP contribution in [0.4, 0.5) is 0 Å². The number of rotatable bonds is 3. The molecule has 1 heterocycles. The molecule has 1 aromatic rings. The van der Waals surface area contributed by atoms with Gasteiger partial charge >= 0.3 is 0 Å². The minimum atomic E-state index is -0.317. The van der Waals surface area contributed by atoms with Crippen LogP contribution in [-0.4, -0.2) is 22.8 Å². The van der Waals surface area contributed by atoms with Gasteiger partial charge < -0.3 is 5.32 Å². The normalized spacial score (nSPS) is 28.6. The van der Waals surface area contributed by atoms with Gasteiger partial charge in [-0.25, -0.2) is 0 Å². The van der Waals surface area contributed by atoms with E-state index in [-0.39, 0.29) is 5.54 Å². The van der Waals surface area contributed by atoms with Crippen molar-refractivity contribution in [1.29, 1.82) is 5.26 Å². The monoisotopic (exact) mass is 247 g/mol. The fraction of sp³-hybridized carbons (Fsp3) is 0.538. The van der Waals surface area contributed by atoms with Crippen LogP contribution in [-0.2, 0) is 0 Å². The Morgan fingerprint density at radius 2 is 2.29 bits per heavy atom. The van der Waals surface area contributed by atoms with Crippen molar-refractivity contribution in [1.82, 2.24) is 10.3 Å². The van der Waals surface area contributed by atoms with E-state index in [2.05, 4.69) is 16.4 Å². The average molecular weight is 247 g/mol. The number of thioether (sulfide) groups is 1. The Hall–Kier alpha value is -1.05.